The third kappa shape index (κ3) is 4.43. The van der Waals surface area contributed by atoms with Gasteiger partial charge in [-0.1, -0.05) is 50.7 Å². The normalized spacial score (nSPS) is 19.5. The number of carbonyl (C=O) groups is 1. The van der Waals surface area contributed by atoms with Crippen molar-refractivity contribution in [3.05, 3.63) is 61.0 Å². The van der Waals surface area contributed by atoms with Crippen molar-refractivity contribution in [2.45, 2.75) is 18.0 Å². The summed E-state index contributed by atoms with van der Waals surface area (Å²) in [5.74, 6) is 0.240. The number of aliphatic carboxylic acids is 1. The highest BCUT2D eigenvalue weighted by Crippen LogP contribution is 2.40. The quantitative estimate of drug-likeness (QED) is 0.513. The summed E-state index contributed by atoms with van der Waals surface area (Å²) in [5, 5.41) is 13.3. The Balaban J connectivity index is 1.83. The van der Waals surface area contributed by atoms with Crippen LogP contribution in [0.25, 0.3) is 0 Å². The molecule has 9 heteroatoms. The molecule has 0 spiro atoms. The molecular formula is C17H13BrCl3NO3S. The van der Waals surface area contributed by atoms with E-state index in [4.69, 9.17) is 39.5 Å². The van der Waals surface area contributed by atoms with Gasteiger partial charge in [0.1, 0.15) is 18.4 Å². The first-order chi connectivity index (χ1) is 12.4. The number of rotatable bonds is 5. The maximum absolute atomic E-state index is 11.2. The molecule has 0 bridgehead atoms. The molecule has 26 heavy (non-hydrogen) atoms. The zero-order valence-corrected chi connectivity index (χ0v) is 17.8. The summed E-state index contributed by atoms with van der Waals surface area (Å²) >= 11 is 23.4. The van der Waals surface area contributed by atoms with Crippen LogP contribution in [-0.2, 0) is 11.4 Å². The van der Waals surface area contributed by atoms with Crippen molar-refractivity contribution < 1.29 is 14.6 Å². The fourth-order valence-electron chi connectivity index (χ4n) is 2.50. The number of halogens is 4. The Morgan fingerprint density at radius 2 is 2.00 bits per heavy atom. The third-order valence-corrected chi connectivity index (χ3v) is 6.79. The van der Waals surface area contributed by atoms with Crippen molar-refractivity contribution in [3.8, 4) is 5.75 Å². The summed E-state index contributed by atoms with van der Waals surface area (Å²) in [7, 11) is 0. The van der Waals surface area contributed by atoms with Crippen LogP contribution in [0, 0.1) is 0 Å². The van der Waals surface area contributed by atoms with Gasteiger partial charge in [0, 0.05) is 26.4 Å². The van der Waals surface area contributed by atoms with E-state index in [1.807, 2.05) is 18.2 Å². The van der Waals surface area contributed by atoms with Crippen LogP contribution >= 0.6 is 62.5 Å². The van der Waals surface area contributed by atoms with Gasteiger partial charge in [0.25, 0.3) is 0 Å². The molecular weight excluding hydrogens is 485 g/mol. The number of ether oxygens (including phenoxy) is 1. The number of hydrogen-bond donors (Lipinski definition) is 2. The first-order valence-electron chi connectivity index (χ1n) is 7.52. The first kappa shape index (κ1) is 20.1. The van der Waals surface area contributed by atoms with Crippen LogP contribution in [0.4, 0.5) is 0 Å². The zero-order valence-electron chi connectivity index (χ0n) is 13.1. The second kappa shape index (κ2) is 8.59. The molecule has 4 nitrogen and oxygen atoms in total. The minimum Gasteiger partial charge on any atom is -0.488 e. The zero-order chi connectivity index (χ0) is 18.8. The van der Waals surface area contributed by atoms with Crippen molar-refractivity contribution in [1.82, 2.24) is 5.32 Å². The average Bonchev–Trinajstić information content (AvgIpc) is 3.09. The molecule has 2 aromatic rings. The van der Waals surface area contributed by atoms with E-state index in [0.717, 1.165) is 10.0 Å². The summed E-state index contributed by atoms with van der Waals surface area (Å²) in [4.78, 5) is 11.2. The predicted molar refractivity (Wildman–Crippen MR) is 110 cm³/mol. The number of carboxylic acid groups (broad SMARTS) is 1. The van der Waals surface area contributed by atoms with Gasteiger partial charge in [0.05, 0.1) is 15.4 Å². The average molecular weight is 498 g/mol. The molecule has 0 aliphatic carbocycles. The minimum absolute atomic E-state index is 0.145. The van der Waals surface area contributed by atoms with Gasteiger partial charge in [-0.05, 0) is 30.3 Å². The Morgan fingerprint density at radius 1 is 1.27 bits per heavy atom. The maximum atomic E-state index is 11.2. The van der Waals surface area contributed by atoms with Gasteiger partial charge in [-0.2, -0.15) is 0 Å². The molecule has 2 unspecified atom stereocenters. The Labute approximate surface area is 178 Å². The number of nitrogens with one attached hydrogen (secondary N) is 1. The molecule has 138 valence electrons. The molecule has 2 aromatic carbocycles. The van der Waals surface area contributed by atoms with Crippen LogP contribution in [0.5, 0.6) is 5.75 Å². The van der Waals surface area contributed by atoms with Crippen LogP contribution in [0.3, 0.4) is 0 Å². The van der Waals surface area contributed by atoms with Crippen molar-refractivity contribution in [1.29, 1.82) is 0 Å². The van der Waals surface area contributed by atoms with E-state index in [9.17, 15) is 9.90 Å². The van der Waals surface area contributed by atoms with Crippen LogP contribution < -0.4 is 10.1 Å². The van der Waals surface area contributed by atoms with Crippen molar-refractivity contribution >= 4 is 68.5 Å². The minimum atomic E-state index is -0.866. The van der Waals surface area contributed by atoms with Gasteiger partial charge in [0.15, 0.2) is 0 Å². The van der Waals surface area contributed by atoms with Gasteiger partial charge in [-0.25, -0.2) is 0 Å². The van der Waals surface area contributed by atoms with E-state index in [1.165, 1.54) is 11.8 Å². The second-order valence-corrected chi connectivity index (χ2v) is 8.81. The monoisotopic (exact) mass is 495 g/mol. The van der Waals surface area contributed by atoms with Crippen LogP contribution in [0.1, 0.15) is 16.5 Å². The topological polar surface area (TPSA) is 58.6 Å². The molecule has 0 radical (unpaired) electrons. The Hall–Kier alpha value is -0.630. The number of carboxylic acids is 1. The Kier molecular flexibility index (Phi) is 6.64. The van der Waals surface area contributed by atoms with E-state index < -0.39 is 12.0 Å². The molecule has 2 N–H and O–H groups in total. The van der Waals surface area contributed by atoms with Gasteiger partial charge >= 0.3 is 5.97 Å². The smallest absolute Gasteiger partial charge is 0.321 e. The van der Waals surface area contributed by atoms with Crippen molar-refractivity contribution in [2.75, 3.05) is 5.75 Å². The number of hydrogen-bond acceptors (Lipinski definition) is 4. The second-order valence-electron chi connectivity index (χ2n) is 5.56. The molecule has 0 saturated carbocycles. The molecule has 0 amide bonds. The summed E-state index contributed by atoms with van der Waals surface area (Å²) in [5.41, 5.74) is 1.45. The molecule has 2 atom stereocenters. The van der Waals surface area contributed by atoms with E-state index in [-0.39, 0.29) is 12.0 Å². The number of benzene rings is 2. The van der Waals surface area contributed by atoms with Crippen molar-refractivity contribution in [2.24, 2.45) is 0 Å². The van der Waals surface area contributed by atoms with Gasteiger partial charge < -0.3 is 9.84 Å². The molecule has 3 rings (SSSR count). The summed E-state index contributed by atoms with van der Waals surface area (Å²) in [6.45, 7) is 0.145. The van der Waals surface area contributed by atoms with Gasteiger partial charge in [-0.15, -0.1) is 11.8 Å². The lowest BCUT2D eigenvalue weighted by molar-refractivity contribution is -0.138. The highest BCUT2D eigenvalue weighted by molar-refractivity contribution is 9.10. The highest BCUT2D eigenvalue weighted by Gasteiger charge is 2.32. The Bertz CT molecular complexity index is 852. The molecule has 1 aliphatic heterocycles. The van der Waals surface area contributed by atoms with Crippen molar-refractivity contribution in [3.63, 3.8) is 0 Å². The van der Waals surface area contributed by atoms with Crippen LogP contribution in [0.15, 0.2) is 34.8 Å². The van der Waals surface area contributed by atoms with Crippen LogP contribution in [-0.4, -0.2) is 22.9 Å². The first-order valence-corrected chi connectivity index (χ1v) is 10.5. The summed E-state index contributed by atoms with van der Waals surface area (Å²) < 4.78 is 6.83. The fraction of sp³-hybridized carbons (Fsp3) is 0.235. The lowest BCUT2D eigenvalue weighted by Gasteiger charge is -2.18. The van der Waals surface area contributed by atoms with E-state index in [2.05, 4.69) is 21.2 Å². The molecule has 1 aliphatic rings. The highest BCUT2D eigenvalue weighted by atomic mass is 79.9. The third-order valence-electron chi connectivity index (χ3n) is 3.85. The fourth-order valence-corrected chi connectivity index (χ4v) is 4.78. The molecule has 1 saturated heterocycles. The number of thioether (sulfide) groups is 1. The lowest BCUT2D eigenvalue weighted by atomic mass is 10.1. The predicted octanol–water partition coefficient (Wildman–Crippen LogP) is 5.78. The standard InChI is InChI=1S/C17H13BrCl3NO3S/c18-8-1-4-14(9(5-8)16-22-13(7-26-16)17(23)24)25-6-10-11(19)2-3-12(20)15(10)21/h1-5,13,16,22H,6-7H2,(H,23,24). The summed E-state index contributed by atoms with van der Waals surface area (Å²) in [6.07, 6.45) is 0. The van der Waals surface area contributed by atoms with E-state index >= 15 is 0 Å². The maximum Gasteiger partial charge on any atom is 0.321 e. The van der Waals surface area contributed by atoms with Gasteiger partial charge in [-0.3, -0.25) is 10.1 Å². The Morgan fingerprint density at radius 3 is 2.69 bits per heavy atom. The lowest BCUT2D eigenvalue weighted by Crippen LogP contribution is -2.33. The molecule has 0 aromatic heterocycles. The van der Waals surface area contributed by atoms with E-state index in [1.54, 1.807) is 12.1 Å². The summed E-state index contributed by atoms with van der Waals surface area (Å²) in [6, 6.07) is 8.30. The van der Waals surface area contributed by atoms with Gasteiger partial charge in [0.2, 0.25) is 0 Å². The van der Waals surface area contributed by atoms with Crippen LogP contribution in [0.2, 0.25) is 15.1 Å². The molecule has 1 fully saturated rings. The molecule has 1 heterocycles. The SMILES string of the molecule is O=C(O)C1CSC(c2cc(Br)ccc2OCc2c(Cl)ccc(Cl)c2Cl)N1. The van der Waals surface area contributed by atoms with E-state index in [0.29, 0.717) is 32.1 Å². The largest absolute Gasteiger partial charge is 0.488 e.